The molecule has 2 rings (SSSR count). The molecule has 1 aliphatic rings. The van der Waals surface area contributed by atoms with Gasteiger partial charge >= 0.3 is 5.97 Å². The fourth-order valence-corrected chi connectivity index (χ4v) is 1.94. The summed E-state index contributed by atoms with van der Waals surface area (Å²) in [6.07, 6.45) is 0. The molecule has 104 valence electrons. The minimum Gasteiger partial charge on any atom is -0.480 e. The number of carbonyl (C=O) groups is 2. The number of carboxylic acid groups (broad SMARTS) is 1. The molecule has 8 nitrogen and oxygen atoms in total. The second-order valence-electron chi connectivity index (χ2n) is 4.17. The van der Waals surface area contributed by atoms with Crippen LogP contribution in [0.1, 0.15) is 16.2 Å². The van der Waals surface area contributed by atoms with Crippen LogP contribution in [0.5, 0.6) is 0 Å². The first kappa shape index (κ1) is 13.5. The molecule has 0 aromatic carbocycles. The van der Waals surface area contributed by atoms with E-state index in [9.17, 15) is 9.59 Å². The van der Waals surface area contributed by atoms with Gasteiger partial charge in [0.1, 0.15) is 12.6 Å². The molecule has 1 fully saturated rings. The lowest BCUT2D eigenvalue weighted by molar-refractivity contribution is -0.142. The first-order chi connectivity index (χ1) is 9.13. The van der Waals surface area contributed by atoms with E-state index in [4.69, 9.17) is 14.4 Å². The highest BCUT2D eigenvalue weighted by atomic mass is 16.5. The van der Waals surface area contributed by atoms with Crippen LogP contribution in [0.15, 0.2) is 10.6 Å². The molecular weight excluding hydrogens is 254 g/mol. The Bertz CT molecular complexity index is 473. The van der Waals surface area contributed by atoms with Crippen LogP contribution in [0.4, 0.5) is 0 Å². The second kappa shape index (κ2) is 5.81. The van der Waals surface area contributed by atoms with Crippen molar-refractivity contribution in [1.29, 1.82) is 0 Å². The Morgan fingerprint density at radius 1 is 1.68 bits per heavy atom. The predicted molar refractivity (Wildman–Crippen MR) is 62.5 cm³/mol. The third kappa shape index (κ3) is 2.91. The van der Waals surface area contributed by atoms with Gasteiger partial charge in [-0.2, -0.15) is 0 Å². The maximum absolute atomic E-state index is 12.2. The number of carbonyl (C=O) groups excluding carboxylic acids is 1. The summed E-state index contributed by atoms with van der Waals surface area (Å²) in [7, 11) is 1.50. The van der Waals surface area contributed by atoms with Gasteiger partial charge < -0.3 is 24.6 Å². The molecule has 0 saturated carbocycles. The maximum atomic E-state index is 12.2. The Morgan fingerprint density at radius 3 is 3.16 bits per heavy atom. The van der Waals surface area contributed by atoms with Gasteiger partial charge in [0.15, 0.2) is 11.5 Å². The van der Waals surface area contributed by atoms with Crippen LogP contribution in [-0.4, -0.2) is 59.8 Å². The summed E-state index contributed by atoms with van der Waals surface area (Å²) in [5.41, 5.74) is 0.0974. The van der Waals surface area contributed by atoms with Crippen LogP contribution < -0.4 is 5.32 Å². The predicted octanol–water partition coefficient (Wildman–Crippen LogP) is -0.680. The van der Waals surface area contributed by atoms with Gasteiger partial charge in [0.2, 0.25) is 0 Å². The molecule has 0 bridgehead atoms. The average molecular weight is 269 g/mol. The summed E-state index contributed by atoms with van der Waals surface area (Å²) in [6, 6.07) is 0.580. The zero-order valence-electron chi connectivity index (χ0n) is 10.5. The van der Waals surface area contributed by atoms with Gasteiger partial charge in [-0.3, -0.25) is 4.79 Å². The molecule has 19 heavy (non-hydrogen) atoms. The summed E-state index contributed by atoms with van der Waals surface area (Å²) >= 11 is 0. The Kier molecular flexibility index (Phi) is 4.13. The first-order valence-corrected chi connectivity index (χ1v) is 5.82. The number of nitrogens with zero attached hydrogens (tertiary/aromatic N) is 2. The minimum absolute atomic E-state index is 0.0974. The Balaban J connectivity index is 2.14. The van der Waals surface area contributed by atoms with Crippen molar-refractivity contribution in [3.8, 4) is 0 Å². The van der Waals surface area contributed by atoms with Crippen molar-refractivity contribution in [1.82, 2.24) is 15.4 Å². The van der Waals surface area contributed by atoms with Crippen LogP contribution in [0, 0.1) is 0 Å². The lowest BCUT2D eigenvalue weighted by atomic mass is 10.1. The number of rotatable bonds is 4. The number of nitrogens with one attached hydrogen (secondary N) is 1. The molecule has 1 aromatic heterocycles. The van der Waals surface area contributed by atoms with E-state index in [1.807, 2.05) is 0 Å². The molecule has 2 heterocycles. The number of ether oxygens (including phenoxy) is 1. The Morgan fingerprint density at radius 2 is 2.47 bits per heavy atom. The number of piperazine rings is 1. The fourth-order valence-electron chi connectivity index (χ4n) is 1.94. The van der Waals surface area contributed by atoms with Crippen molar-refractivity contribution >= 4 is 11.9 Å². The van der Waals surface area contributed by atoms with Gasteiger partial charge in [0.25, 0.3) is 5.91 Å². The summed E-state index contributed by atoms with van der Waals surface area (Å²) in [5.74, 6) is -1.06. The van der Waals surface area contributed by atoms with Crippen LogP contribution in [0.3, 0.4) is 0 Å². The number of aromatic nitrogens is 1. The molecule has 1 aromatic rings. The van der Waals surface area contributed by atoms with Gasteiger partial charge in [-0.15, -0.1) is 0 Å². The van der Waals surface area contributed by atoms with Crippen molar-refractivity contribution in [2.24, 2.45) is 0 Å². The average Bonchev–Trinajstić information content (AvgIpc) is 2.87. The van der Waals surface area contributed by atoms with E-state index >= 15 is 0 Å². The summed E-state index contributed by atoms with van der Waals surface area (Å²) in [6.45, 7) is 1.31. The van der Waals surface area contributed by atoms with E-state index in [1.54, 1.807) is 0 Å². The SMILES string of the molecule is COCc1cc(C(=O)N2CCNCC2C(=O)O)no1. The van der Waals surface area contributed by atoms with Gasteiger partial charge in [-0.1, -0.05) is 5.16 Å². The van der Waals surface area contributed by atoms with Crippen LogP contribution >= 0.6 is 0 Å². The van der Waals surface area contributed by atoms with E-state index in [-0.39, 0.29) is 18.8 Å². The number of hydrogen-bond donors (Lipinski definition) is 2. The molecule has 1 atom stereocenters. The van der Waals surface area contributed by atoms with Crippen LogP contribution in [-0.2, 0) is 16.1 Å². The third-order valence-corrected chi connectivity index (χ3v) is 2.85. The Hall–Kier alpha value is -1.93. The maximum Gasteiger partial charge on any atom is 0.327 e. The molecule has 8 heteroatoms. The zero-order valence-corrected chi connectivity index (χ0v) is 10.5. The zero-order chi connectivity index (χ0) is 13.8. The smallest absolute Gasteiger partial charge is 0.327 e. The molecule has 0 radical (unpaired) electrons. The van der Waals surface area contributed by atoms with Crippen molar-refractivity contribution in [2.45, 2.75) is 12.6 Å². The van der Waals surface area contributed by atoms with Crippen molar-refractivity contribution < 1.29 is 24.0 Å². The third-order valence-electron chi connectivity index (χ3n) is 2.85. The van der Waals surface area contributed by atoms with Crippen LogP contribution in [0.25, 0.3) is 0 Å². The molecule has 2 N–H and O–H groups in total. The summed E-state index contributed by atoms with van der Waals surface area (Å²) < 4.78 is 9.79. The van der Waals surface area contributed by atoms with Gasteiger partial charge in [0, 0.05) is 32.8 Å². The molecule has 1 unspecified atom stereocenters. The highest BCUT2D eigenvalue weighted by Crippen LogP contribution is 2.12. The van der Waals surface area contributed by atoms with Crippen molar-refractivity contribution in [3.05, 3.63) is 17.5 Å². The van der Waals surface area contributed by atoms with Crippen molar-refractivity contribution in [3.63, 3.8) is 0 Å². The van der Waals surface area contributed by atoms with Gasteiger partial charge in [0.05, 0.1) is 0 Å². The van der Waals surface area contributed by atoms with Crippen molar-refractivity contribution in [2.75, 3.05) is 26.7 Å². The molecule has 1 aliphatic heterocycles. The lowest BCUT2D eigenvalue weighted by Crippen LogP contribution is -2.57. The van der Waals surface area contributed by atoms with Crippen LogP contribution in [0.2, 0.25) is 0 Å². The molecule has 0 spiro atoms. The Labute approximate surface area is 109 Å². The van der Waals surface area contributed by atoms with E-state index < -0.39 is 17.9 Å². The fraction of sp³-hybridized carbons (Fsp3) is 0.545. The summed E-state index contributed by atoms with van der Waals surface area (Å²) in [5, 5.41) is 15.7. The number of methoxy groups -OCH3 is 1. The number of carboxylic acids is 1. The first-order valence-electron chi connectivity index (χ1n) is 5.82. The van der Waals surface area contributed by atoms with E-state index in [2.05, 4.69) is 10.5 Å². The van der Waals surface area contributed by atoms with E-state index in [0.717, 1.165) is 0 Å². The highest BCUT2D eigenvalue weighted by Gasteiger charge is 2.33. The normalized spacial score (nSPS) is 19.4. The number of hydrogen-bond acceptors (Lipinski definition) is 6. The largest absolute Gasteiger partial charge is 0.480 e. The second-order valence-corrected chi connectivity index (χ2v) is 4.17. The number of amides is 1. The lowest BCUT2D eigenvalue weighted by Gasteiger charge is -2.32. The molecular formula is C11H15N3O5. The monoisotopic (exact) mass is 269 g/mol. The number of aliphatic carboxylic acids is 1. The topological polar surface area (TPSA) is 105 Å². The minimum atomic E-state index is -1.04. The molecule has 1 amide bonds. The van der Waals surface area contributed by atoms with E-state index in [1.165, 1.54) is 18.1 Å². The quantitative estimate of drug-likeness (QED) is 0.746. The summed E-state index contributed by atoms with van der Waals surface area (Å²) in [4.78, 5) is 24.6. The molecule has 1 saturated heterocycles. The molecule has 0 aliphatic carbocycles. The standard InChI is InChI=1S/C11H15N3O5/c1-18-6-7-4-8(13-19-7)10(15)14-3-2-12-5-9(14)11(16)17/h4,9,12H,2-3,5-6H2,1H3,(H,16,17). The van der Waals surface area contributed by atoms with E-state index in [0.29, 0.717) is 18.8 Å². The van der Waals surface area contributed by atoms with Gasteiger partial charge in [-0.25, -0.2) is 4.79 Å². The highest BCUT2D eigenvalue weighted by molar-refractivity contribution is 5.95. The van der Waals surface area contributed by atoms with Gasteiger partial charge in [-0.05, 0) is 0 Å².